The third-order valence-electron chi connectivity index (χ3n) is 8.05. The number of hydrogen-bond acceptors (Lipinski definition) is 6. The van der Waals surface area contributed by atoms with Crippen molar-refractivity contribution < 1.29 is 0 Å². The first-order valence-electron chi connectivity index (χ1n) is 12.5. The van der Waals surface area contributed by atoms with Gasteiger partial charge in [-0.15, -0.1) is 0 Å². The first kappa shape index (κ1) is 23.8. The summed E-state index contributed by atoms with van der Waals surface area (Å²) in [5, 5.41) is 10.3. The van der Waals surface area contributed by atoms with Gasteiger partial charge in [0.2, 0.25) is 5.95 Å². The molecule has 190 valence electrons. The highest BCUT2D eigenvalue weighted by molar-refractivity contribution is 6.30. The Morgan fingerprint density at radius 3 is 2.86 bits per heavy atom. The van der Waals surface area contributed by atoms with Crippen LogP contribution in [0.4, 0.5) is 5.95 Å². The maximum atomic E-state index is 13.9. The van der Waals surface area contributed by atoms with Crippen LogP contribution in [-0.2, 0) is 20.1 Å². The Hall–Kier alpha value is -3.61. The number of hydrogen-bond donors (Lipinski definition) is 1. The number of nitrogens with two attached hydrogens (primary N) is 1. The van der Waals surface area contributed by atoms with Crippen molar-refractivity contribution in [2.75, 3.05) is 11.4 Å². The number of benzene rings is 1. The zero-order chi connectivity index (χ0) is 26.1. The van der Waals surface area contributed by atoms with Gasteiger partial charge in [0, 0.05) is 36.9 Å². The second-order valence-corrected chi connectivity index (χ2v) is 10.9. The van der Waals surface area contributed by atoms with E-state index in [2.05, 4.69) is 24.0 Å². The molecule has 2 N–H and O–H groups in total. The molecule has 0 saturated carbocycles. The minimum absolute atomic E-state index is 0.00644. The number of rotatable bonds is 2. The fourth-order valence-electron chi connectivity index (χ4n) is 6.18. The average molecular weight is 518 g/mol. The summed E-state index contributed by atoms with van der Waals surface area (Å²) in [6, 6.07) is 9.08. The summed E-state index contributed by atoms with van der Waals surface area (Å²) in [6.07, 6.45) is 5.73. The monoisotopic (exact) mass is 517 g/mol. The van der Waals surface area contributed by atoms with Gasteiger partial charge in [0.05, 0.1) is 23.6 Å². The van der Waals surface area contributed by atoms with Crippen LogP contribution in [0, 0.1) is 16.7 Å². The van der Waals surface area contributed by atoms with E-state index in [1.165, 1.54) is 14.7 Å². The molecule has 3 aliphatic rings. The highest BCUT2D eigenvalue weighted by Crippen LogP contribution is 2.52. The fraction of sp³-hybridized carbons (Fsp3) is 0.407. The van der Waals surface area contributed by atoms with Gasteiger partial charge in [0.1, 0.15) is 0 Å². The van der Waals surface area contributed by atoms with Gasteiger partial charge >= 0.3 is 5.69 Å². The van der Waals surface area contributed by atoms with Gasteiger partial charge < -0.3 is 15.2 Å². The van der Waals surface area contributed by atoms with Crippen LogP contribution in [0.15, 0.2) is 56.2 Å². The van der Waals surface area contributed by atoms with Gasteiger partial charge in [-0.1, -0.05) is 35.9 Å². The van der Waals surface area contributed by atoms with Crippen molar-refractivity contribution in [2.45, 2.75) is 51.7 Å². The normalized spacial score (nSPS) is 23.2. The molecule has 37 heavy (non-hydrogen) atoms. The zero-order valence-corrected chi connectivity index (χ0v) is 21.6. The maximum absolute atomic E-state index is 13.9. The van der Waals surface area contributed by atoms with Crippen LogP contribution in [0.2, 0.25) is 0 Å². The highest BCUT2D eigenvalue weighted by atomic mass is 35.5. The van der Waals surface area contributed by atoms with E-state index in [-0.39, 0.29) is 12.6 Å². The topological polar surface area (TPSA) is 115 Å². The molecule has 6 rings (SSSR count). The van der Waals surface area contributed by atoms with E-state index in [0.717, 1.165) is 36.4 Å². The summed E-state index contributed by atoms with van der Waals surface area (Å²) in [4.78, 5) is 34.3. The second-order valence-electron chi connectivity index (χ2n) is 10.5. The van der Waals surface area contributed by atoms with Crippen molar-refractivity contribution in [3.8, 4) is 6.07 Å². The number of nitriles is 1. The molecular weight excluding hydrogens is 490 g/mol. The fourth-order valence-corrected chi connectivity index (χ4v) is 6.41. The van der Waals surface area contributed by atoms with Gasteiger partial charge in [-0.2, -0.15) is 10.2 Å². The third kappa shape index (κ3) is 3.43. The Morgan fingerprint density at radius 1 is 1.30 bits per heavy atom. The van der Waals surface area contributed by atoms with Gasteiger partial charge in [-0.05, 0) is 49.8 Å². The summed E-state index contributed by atoms with van der Waals surface area (Å²) in [5.41, 5.74) is 9.23. The molecule has 0 bridgehead atoms. The van der Waals surface area contributed by atoms with Crippen molar-refractivity contribution in [3.63, 3.8) is 0 Å². The van der Waals surface area contributed by atoms with Gasteiger partial charge in [-0.3, -0.25) is 13.9 Å². The lowest BCUT2D eigenvalue weighted by atomic mass is 9.75. The smallest absolute Gasteiger partial charge is 0.326 e. The molecule has 0 amide bonds. The molecule has 10 heteroatoms. The molecule has 0 saturated heterocycles. The van der Waals surface area contributed by atoms with E-state index in [4.69, 9.17) is 22.3 Å². The number of anilines is 1. The lowest BCUT2D eigenvalue weighted by molar-refractivity contribution is 0.356. The SMILES string of the molecule is Cn1c(=O)n(Cc2ccccc2C#N)c(=O)c2c1nc1n2CC2(C)C(Cl)=CCC3=C2N1CC(N)CCC3. The van der Waals surface area contributed by atoms with Crippen molar-refractivity contribution in [1.82, 2.24) is 18.7 Å². The molecular formula is C27H28ClN7O2. The van der Waals surface area contributed by atoms with Crippen molar-refractivity contribution in [3.05, 3.63) is 78.6 Å². The molecule has 2 aliphatic heterocycles. The van der Waals surface area contributed by atoms with Crippen LogP contribution < -0.4 is 21.9 Å². The van der Waals surface area contributed by atoms with E-state index in [1.54, 1.807) is 31.3 Å². The highest BCUT2D eigenvalue weighted by Gasteiger charge is 2.47. The number of halogens is 1. The minimum atomic E-state index is -0.536. The summed E-state index contributed by atoms with van der Waals surface area (Å²) < 4.78 is 4.50. The van der Waals surface area contributed by atoms with Crippen LogP contribution in [0.3, 0.4) is 0 Å². The predicted octanol–water partition coefficient (Wildman–Crippen LogP) is 2.93. The Bertz CT molecular complexity index is 1690. The Balaban J connectivity index is 1.62. The second kappa shape index (κ2) is 8.47. The standard InChI is InChI=1S/C27H28ClN7O2/c1-27-15-35-21-23(32(2)26(37)34(24(21)36)13-18-7-4-3-6-17(18)12-29)31-25(35)33-14-19(30)9-5-8-16(22(27)33)10-11-20(27)28/h3-4,6-7,11,19H,5,8-10,13-15,30H2,1-2H3. The van der Waals surface area contributed by atoms with Crippen LogP contribution in [-0.4, -0.2) is 31.3 Å². The average Bonchev–Trinajstić information content (AvgIpc) is 3.25. The lowest BCUT2D eigenvalue weighted by Gasteiger charge is -2.48. The summed E-state index contributed by atoms with van der Waals surface area (Å²) in [5.74, 6) is 0.617. The van der Waals surface area contributed by atoms with E-state index in [1.807, 2.05) is 4.57 Å². The van der Waals surface area contributed by atoms with Crippen LogP contribution in [0.25, 0.3) is 11.2 Å². The van der Waals surface area contributed by atoms with E-state index >= 15 is 0 Å². The molecule has 1 aromatic carbocycles. The Labute approximate surface area is 218 Å². The molecule has 0 fully saturated rings. The first-order valence-corrected chi connectivity index (χ1v) is 12.9. The van der Waals surface area contributed by atoms with E-state index in [0.29, 0.717) is 41.3 Å². The first-order chi connectivity index (χ1) is 17.7. The van der Waals surface area contributed by atoms with Crippen molar-refractivity contribution in [1.29, 1.82) is 5.26 Å². The number of nitrogens with zero attached hydrogens (tertiary/aromatic N) is 6. The van der Waals surface area contributed by atoms with Gasteiger partial charge in [0.15, 0.2) is 11.2 Å². The number of fused-ring (bicyclic) bond motifs is 4. The van der Waals surface area contributed by atoms with E-state index < -0.39 is 16.7 Å². The molecule has 3 aromatic rings. The van der Waals surface area contributed by atoms with E-state index in [9.17, 15) is 14.9 Å². The van der Waals surface area contributed by atoms with Crippen molar-refractivity contribution >= 4 is 28.7 Å². The molecule has 0 radical (unpaired) electrons. The quantitative estimate of drug-likeness (QED) is 0.559. The van der Waals surface area contributed by atoms with Crippen LogP contribution >= 0.6 is 11.6 Å². The van der Waals surface area contributed by atoms with Crippen LogP contribution in [0.1, 0.15) is 43.7 Å². The number of aryl methyl sites for hydroxylation is 1. The molecule has 9 nitrogen and oxygen atoms in total. The minimum Gasteiger partial charge on any atom is -0.326 e. The number of aromatic nitrogens is 4. The molecule has 2 aromatic heterocycles. The summed E-state index contributed by atoms with van der Waals surface area (Å²) >= 11 is 6.89. The molecule has 0 spiro atoms. The predicted molar refractivity (Wildman–Crippen MR) is 142 cm³/mol. The number of imidazole rings is 1. The summed E-state index contributed by atoms with van der Waals surface area (Å²) in [6.45, 7) is 3.09. The molecule has 2 atom stereocenters. The number of allylic oxidation sites excluding steroid dienone is 3. The van der Waals surface area contributed by atoms with Gasteiger partial charge in [0.25, 0.3) is 5.56 Å². The summed E-state index contributed by atoms with van der Waals surface area (Å²) in [7, 11) is 1.63. The van der Waals surface area contributed by atoms with Gasteiger partial charge in [-0.25, -0.2) is 4.79 Å². The lowest BCUT2D eigenvalue weighted by Crippen LogP contribution is -2.50. The molecule has 2 unspecified atom stereocenters. The Kier molecular flexibility index (Phi) is 5.44. The largest absolute Gasteiger partial charge is 0.332 e. The Morgan fingerprint density at radius 2 is 2.08 bits per heavy atom. The zero-order valence-electron chi connectivity index (χ0n) is 20.9. The molecule has 4 heterocycles. The molecule has 1 aliphatic carbocycles. The van der Waals surface area contributed by atoms with Crippen molar-refractivity contribution in [2.24, 2.45) is 18.2 Å². The van der Waals surface area contributed by atoms with Crippen LogP contribution in [0.5, 0.6) is 0 Å². The third-order valence-corrected chi connectivity index (χ3v) is 8.62. The maximum Gasteiger partial charge on any atom is 0.332 e.